The molecule has 1 aliphatic heterocycles. The average Bonchev–Trinajstić information content (AvgIpc) is 3.13. The quantitative estimate of drug-likeness (QED) is 0.737. The third-order valence-corrected chi connectivity index (χ3v) is 4.57. The number of benzene rings is 3. The summed E-state index contributed by atoms with van der Waals surface area (Å²) in [6, 6.07) is 27.4. The van der Waals surface area contributed by atoms with Gasteiger partial charge in [0.25, 0.3) is 0 Å². The van der Waals surface area contributed by atoms with E-state index >= 15 is 0 Å². The number of hydrogen-bond donors (Lipinski definition) is 2. The molecule has 3 nitrogen and oxygen atoms in total. The molecule has 130 valence electrons. The fourth-order valence-corrected chi connectivity index (χ4v) is 3.23. The van der Waals surface area contributed by atoms with Gasteiger partial charge in [-0.25, -0.2) is 9.38 Å². The van der Waals surface area contributed by atoms with Gasteiger partial charge in [0, 0.05) is 0 Å². The maximum absolute atomic E-state index is 13.0. The van der Waals surface area contributed by atoms with E-state index < -0.39 is 0 Å². The summed E-state index contributed by atoms with van der Waals surface area (Å²) in [6.07, 6.45) is 0. The third kappa shape index (κ3) is 3.59. The van der Waals surface area contributed by atoms with Crippen molar-refractivity contribution in [3.63, 3.8) is 0 Å². The average molecular weight is 345 g/mol. The number of guanidine groups is 1. The van der Waals surface area contributed by atoms with Gasteiger partial charge in [0.15, 0.2) is 5.96 Å². The predicted molar refractivity (Wildman–Crippen MR) is 102 cm³/mol. The van der Waals surface area contributed by atoms with Crippen LogP contribution in [0.4, 0.5) is 4.39 Å². The molecule has 2 N–H and O–H groups in total. The lowest BCUT2D eigenvalue weighted by Gasteiger charge is -2.19. The van der Waals surface area contributed by atoms with Crippen molar-refractivity contribution < 1.29 is 4.39 Å². The van der Waals surface area contributed by atoms with Crippen LogP contribution in [-0.4, -0.2) is 5.96 Å². The molecule has 1 unspecified atom stereocenters. The monoisotopic (exact) mass is 345 g/mol. The third-order valence-electron chi connectivity index (χ3n) is 4.57. The molecule has 0 aliphatic carbocycles. The number of hydrogen-bond acceptors (Lipinski definition) is 1. The van der Waals surface area contributed by atoms with Crippen LogP contribution >= 0.6 is 0 Å². The number of nitrogens with zero attached hydrogens (tertiary/aromatic N) is 1. The van der Waals surface area contributed by atoms with E-state index in [-0.39, 0.29) is 17.9 Å². The molecule has 0 saturated carbocycles. The predicted octanol–water partition coefficient (Wildman–Crippen LogP) is 4.36. The molecule has 1 aliphatic rings. The Morgan fingerprint density at radius 1 is 0.692 bits per heavy atom. The largest absolute Gasteiger partial charge is 0.347 e. The summed E-state index contributed by atoms with van der Waals surface area (Å²) < 4.78 is 13.0. The van der Waals surface area contributed by atoms with Gasteiger partial charge in [-0.2, -0.15) is 0 Å². The van der Waals surface area contributed by atoms with Crippen molar-refractivity contribution in [2.24, 2.45) is 4.99 Å². The van der Waals surface area contributed by atoms with Crippen molar-refractivity contribution >= 4 is 5.96 Å². The van der Waals surface area contributed by atoms with Crippen molar-refractivity contribution in [2.45, 2.75) is 18.6 Å². The summed E-state index contributed by atoms with van der Waals surface area (Å²) in [5.41, 5.74) is 3.39. The maximum atomic E-state index is 13.0. The van der Waals surface area contributed by atoms with Gasteiger partial charge in [-0.15, -0.1) is 0 Å². The van der Waals surface area contributed by atoms with Crippen molar-refractivity contribution in [1.29, 1.82) is 0 Å². The molecule has 0 aromatic heterocycles. The van der Waals surface area contributed by atoms with E-state index in [0.717, 1.165) is 11.5 Å². The second-order valence-electron chi connectivity index (χ2n) is 6.36. The van der Waals surface area contributed by atoms with Gasteiger partial charge in [-0.05, 0) is 28.8 Å². The van der Waals surface area contributed by atoms with Crippen molar-refractivity contribution in [3.8, 4) is 0 Å². The summed E-state index contributed by atoms with van der Waals surface area (Å²) in [5.74, 6) is 0.531. The molecular weight excluding hydrogens is 325 g/mol. The first kappa shape index (κ1) is 16.3. The second kappa shape index (κ2) is 7.40. The van der Waals surface area contributed by atoms with Crippen LogP contribution < -0.4 is 10.6 Å². The van der Waals surface area contributed by atoms with Gasteiger partial charge >= 0.3 is 0 Å². The topological polar surface area (TPSA) is 36.4 Å². The van der Waals surface area contributed by atoms with E-state index in [0.29, 0.717) is 6.54 Å². The summed E-state index contributed by atoms with van der Waals surface area (Å²) in [5, 5.41) is 7.00. The molecule has 0 amide bonds. The number of nitrogens with one attached hydrogen (secondary N) is 2. The first-order chi connectivity index (χ1) is 12.8. The van der Waals surface area contributed by atoms with Crippen LogP contribution in [0.25, 0.3) is 0 Å². The highest BCUT2D eigenvalue weighted by atomic mass is 19.1. The van der Waals surface area contributed by atoms with Crippen molar-refractivity contribution in [2.75, 3.05) is 0 Å². The van der Waals surface area contributed by atoms with E-state index in [1.165, 1.54) is 23.3 Å². The van der Waals surface area contributed by atoms with Gasteiger partial charge in [-0.1, -0.05) is 72.8 Å². The molecule has 3 aromatic rings. The summed E-state index contributed by atoms with van der Waals surface area (Å²) in [4.78, 5) is 4.65. The van der Waals surface area contributed by atoms with Gasteiger partial charge in [0.1, 0.15) is 5.82 Å². The van der Waals surface area contributed by atoms with Crippen LogP contribution in [0.1, 0.15) is 28.8 Å². The molecule has 0 spiro atoms. The highest BCUT2D eigenvalue weighted by Crippen LogP contribution is 2.32. The molecule has 1 fully saturated rings. The smallest absolute Gasteiger partial charge is 0.192 e. The first-order valence-corrected chi connectivity index (χ1v) is 8.71. The Morgan fingerprint density at radius 2 is 1.19 bits per heavy atom. The van der Waals surface area contributed by atoms with Crippen LogP contribution in [0, 0.1) is 5.82 Å². The summed E-state index contributed by atoms with van der Waals surface area (Å²) in [7, 11) is 0. The Labute approximate surface area is 152 Å². The van der Waals surface area contributed by atoms with Crippen LogP contribution in [0.5, 0.6) is 0 Å². The van der Waals surface area contributed by atoms with E-state index in [1.54, 1.807) is 12.1 Å². The van der Waals surface area contributed by atoms with Crippen LogP contribution in [0.2, 0.25) is 0 Å². The number of rotatable bonds is 4. The fraction of sp³-hybridized carbons (Fsp3) is 0.136. The molecule has 2 atom stereocenters. The number of halogens is 1. The van der Waals surface area contributed by atoms with Crippen molar-refractivity contribution in [1.82, 2.24) is 10.6 Å². The van der Waals surface area contributed by atoms with Gasteiger partial charge in [0.2, 0.25) is 0 Å². The van der Waals surface area contributed by atoms with E-state index in [9.17, 15) is 4.39 Å². The zero-order chi connectivity index (χ0) is 17.8. The summed E-state index contributed by atoms with van der Waals surface area (Å²) in [6.45, 7) is 0.499. The zero-order valence-electron chi connectivity index (χ0n) is 14.3. The van der Waals surface area contributed by atoms with Crippen LogP contribution in [0.3, 0.4) is 0 Å². The molecule has 1 saturated heterocycles. The molecule has 3 aromatic carbocycles. The van der Waals surface area contributed by atoms with E-state index in [4.69, 9.17) is 0 Å². The first-order valence-electron chi connectivity index (χ1n) is 8.71. The molecular formula is C22H20FN3. The Kier molecular flexibility index (Phi) is 4.65. The zero-order valence-corrected chi connectivity index (χ0v) is 14.3. The lowest BCUT2D eigenvalue weighted by Crippen LogP contribution is -2.25. The molecule has 4 heteroatoms. The fourth-order valence-electron chi connectivity index (χ4n) is 3.23. The minimum absolute atomic E-state index is 0.102. The standard InChI is InChI=1S/C22H20FN3/c23-19-13-11-16(12-14-19)15-24-22-25-20(17-7-3-1-4-8-17)21(26-22)18-9-5-2-6-10-18/h1-14,20-21H,15H2,(H2,24,25,26)/t20-,21?/m0/s1. The Bertz CT molecular complexity index is 827. The van der Waals surface area contributed by atoms with Crippen LogP contribution in [0.15, 0.2) is 89.9 Å². The molecule has 0 radical (unpaired) electrons. The molecule has 26 heavy (non-hydrogen) atoms. The molecule has 4 rings (SSSR count). The van der Waals surface area contributed by atoms with Gasteiger partial charge < -0.3 is 10.6 Å². The molecule has 1 heterocycles. The Hall–Kier alpha value is -3.14. The number of aliphatic imine (C=N–C) groups is 1. The highest BCUT2D eigenvalue weighted by Gasteiger charge is 2.32. The maximum Gasteiger partial charge on any atom is 0.192 e. The lowest BCUT2D eigenvalue weighted by atomic mass is 9.95. The minimum Gasteiger partial charge on any atom is -0.347 e. The Balaban J connectivity index is 1.58. The van der Waals surface area contributed by atoms with Gasteiger partial charge in [0.05, 0.1) is 18.6 Å². The Morgan fingerprint density at radius 3 is 1.69 bits per heavy atom. The van der Waals surface area contributed by atoms with E-state index in [2.05, 4.69) is 39.9 Å². The SMILES string of the molecule is Fc1ccc(CN=C2NC(c3ccccc3)[C@H](c3ccccc3)N2)cc1. The normalized spacial score (nSPS) is 20.6. The lowest BCUT2D eigenvalue weighted by molar-refractivity contribution is 0.554. The molecule has 0 bridgehead atoms. The minimum atomic E-state index is -0.230. The van der Waals surface area contributed by atoms with E-state index in [1.807, 2.05) is 36.4 Å². The van der Waals surface area contributed by atoms with Crippen LogP contribution in [-0.2, 0) is 6.54 Å². The van der Waals surface area contributed by atoms with Crippen molar-refractivity contribution in [3.05, 3.63) is 107 Å². The second-order valence-corrected chi connectivity index (χ2v) is 6.36. The van der Waals surface area contributed by atoms with Gasteiger partial charge in [-0.3, -0.25) is 0 Å². The summed E-state index contributed by atoms with van der Waals surface area (Å²) >= 11 is 0. The highest BCUT2D eigenvalue weighted by molar-refractivity contribution is 5.83.